The van der Waals surface area contributed by atoms with E-state index in [-0.39, 0.29) is 22.1 Å². The molecule has 18 heavy (non-hydrogen) atoms. The standard InChI is InChI=1S/C12H11ClO5/c1-6(12(15)16)9-8(13)4-7(5-14)10-11(9)18-3-2-17-10/h4-6H,2-3H2,1H3,(H,15,16). The van der Waals surface area contributed by atoms with E-state index in [4.69, 9.17) is 26.2 Å². The van der Waals surface area contributed by atoms with Gasteiger partial charge in [0.1, 0.15) is 13.2 Å². The molecule has 0 fully saturated rings. The fourth-order valence-electron chi connectivity index (χ4n) is 1.84. The number of halogens is 1. The molecular formula is C12H11ClO5. The van der Waals surface area contributed by atoms with Crippen LogP contribution in [0.25, 0.3) is 0 Å². The molecule has 1 heterocycles. The van der Waals surface area contributed by atoms with Gasteiger partial charge < -0.3 is 14.6 Å². The highest BCUT2D eigenvalue weighted by atomic mass is 35.5. The van der Waals surface area contributed by atoms with Gasteiger partial charge in [-0.2, -0.15) is 0 Å². The van der Waals surface area contributed by atoms with E-state index in [9.17, 15) is 9.59 Å². The van der Waals surface area contributed by atoms with Crippen molar-refractivity contribution in [2.45, 2.75) is 12.8 Å². The molecule has 1 aliphatic heterocycles. The zero-order valence-electron chi connectivity index (χ0n) is 9.60. The molecule has 0 amide bonds. The molecule has 0 saturated heterocycles. The van der Waals surface area contributed by atoms with Crippen LogP contribution < -0.4 is 9.47 Å². The Hall–Kier alpha value is -1.75. The summed E-state index contributed by atoms with van der Waals surface area (Å²) < 4.78 is 10.8. The summed E-state index contributed by atoms with van der Waals surface area (Å²) in [6.45, 7) is 2.11. The minimum atomic E-state index is -1.02. The number of benzene rings is 1. The number of carbonyl (C=O) groups excluding carboxylic acids is 1. The molecule has 1 aliphatic rings. The number of carboxylic acids is 1. The van der Waals surface area contributed by atoms with Crippen molar-refractivity contribution in [1.82, 2.24) is 0 Å². The molecule has 1 atom stereocenters. The van der Waals surface area contributed by atoms with Gasteiger partial charge in [-0.25, -0.2) is 0 Å². The molecule has 6 heteroatoms. The van der Waals surface area contributed by atoms with E-state index in [0.29, 0.717) is 25.1 Å². The molecule has 0 bridgehead atoms. The Bertz CT molecular complexity index is 512. The summed E-state index contributed by atoms with van der Waals surface area (Å²) in [4.78, 5) is 22.0. The van der Waals surface area contributed by atoms with Crippen LogP contribution in [-0.4, -0.2) is 30.6 Å². The summed E-state index contributed by atoms with van der Waals surface area (Å²) in [6, 6.07) is 1.40. The highest BCUT2D eigenvalue weighted by Gasteiger charge is 2.28. The second-order valence-corrected chi connectivity index (χ2v) is 4.30. The van der Waals surface area contributed by atoms with E-state index in [1.54, 1.807) is 0 Å². The molecule has 1 aromatic rings. The zero-order chi connectivity index (χ0) is 13.3. The smallest absolute Gasteiger partial charge is 0.310 e. The lowest BCUT2D eigenvalue weighted by Gasteiger charge is -2.24. The summed E-state index contributed by atoms with van der Waals surface area (Å²) >= 11 is 6.03. The van der Waals surface area contributed by atoms with Crippen molar-refractivity contribution in [3.63, 3.8) is 0 Å². The predicted molar refractivity (Wildman–Crippen MR) is 63.9 cm³/mol. The van der Waals surface area contributed by atoms with Gasteiger partial charge in [-0.05, 0) is 13.0 Å². The molecule has 2 rings (SSSR count). The first-order valence-electron chi connectivity index (χ1n) is 5.36. The largest absolute Gasteiger partial charge is 0.486 e. The van der Waals surface area contributed by atoms with Crippen LogP contribution in [0.2, 0.25) is 5.02 Å². The van der Waals surface area contributed by atoms with Gasteiger partial charge in [0.2, 0.25) is 0 Å². The molecule has 0 aromatic heterocycles. The van der Waals surface area contributed by atoms with E-state index >= 15 is 0 Å². The van der Waals surface area contributed by atoms with Crippen LogP contribution in [0.3, 0.4) is 0 Å². The summed E-state index contributed by atoms with van der Waals surface area (Å²) in [5, 5.41) is 9.25. The second-order valence-electron chi connectivity index (χ2n) is 3.89. The number of hydrogen-bond acceptors (Lipinski definition) is 4. The van der Waals surface area contributed by atoms with Crippen molar-refractivity contribution in [1.29, 1.82) is 0 Å². The molecule has 0 saturated carbocycles. The number of rotatable bonds is 3. The van der Waals surface area contributed by atoms with Crippen molar-refractivity contribution >= 4 is 23.9 Å². The highest BCUT2D eigenvalue weighted by molar-refractivity contribution is 6.32. The van der Waals surface area contributed by atoms with Gasteiger partial charge in [0, 0.05) is 10.6 Å². The lowest BCUT2D eigenvalue weighted by atomic mass is 9.97. The number of fused-ring (bicyclic) bond motifs is 1. The lowest BCUT2D eigenvalue weighted by molar-refractivity contribution is -0.138. The van der Waals surface area contributed by atoms with Crippen LogP contribution in [0.4, 0.5) is 0 Å². The lowest BCUT2D eigenvalue weighted by Crippen LogP contribution is -2.20. The summed E-state index contributed by atoms with van der Waals surface area (Å²) in [5.74, 6) is -1.34. The number of carbonyl (C=O) groups is 2. The Labute approximate surface area is 108 Å². The zero-order valence-corrected chi connectivity index (χ0v) is 10.4. The van der Waals surface area contributed by atoms with Gasteiger partial charge >= 0.3 is 5.97 Å². The van der Waals surface area contributed by atoms with Crippen molar-refractivity contribution in [2.24, 2.45) is 0 Å². The topological polar surface area (TPSA) is 72.8 Å². The summed E-state index contributed by atoms with van der Waals surface area (Å²) in [5.41, 5.74) is 0.598. The first kappa shape index (κ1) is 12.7. The summed E-state index contributed by atoms with van der Waals surface area (Å²) in [7, 11) is 0. The third-order valence-electron chi connectivity index (χ3n) is 2.76. The third kappa shape index (κ3) is 2.01. The van der Waals surface area contributed by atoms with Crippen LogP contribution >= 0.6 is 11.6 Å². The Kier molecular flexibility index (Phi) is 3.43. The van der Waals surface area contributed by atoms with Crippen molar-refractivity contribution < 1.29 is 24.2 Å². The third-order valence-corrected chi connectivity index (χ3v) is 3.07. The average Bonchev–Trinajstić information content (AvgIpc) is 2.37. The monoisotopic (exact) mass is 270 g/mol. The van der Waals surface area contributed by atoms with Crippen molar-refractivity contribution in [3.8, 4) is 11.5 Å². The minimum absolute atomic E-state index is 0.191. The normalized spacial score (nSPS) is 15.0. The number of carboxylic acid groups (broad SMARTS) is 1. The van der Waals surface area contributed by atoms with Crippen molar-refractivity contribution in [2.75, 3.05) is 13.2 Å². The van der Waals surface area contributed by atoms with Crippen molar-refractivity contribution in [3.05, 3.63) is 22.2 Å². The number of aldehydes is 1. The Morgan fingerprint density at radius 3 is 2.61 bits per heavy atom. The predicted octanol–water partition coefficient (Wildman–Crippen LogP) is 2.11. The van der Waals surface area contributed by atoms with Gasteiger partial charge in [0.25, 0.3) is 0 Å². The van der Waals surface area contributed by atoms with Crippen LogP contribution in [0.15, 0.2) is 6.07 Å². The van der Waals surface area contributed by atoms with Gasteiger partial charge in [-0.3, -0.25) is 9.59 Å². The van der Waals surface area contributed by atoms with Crippen LogP contribution in [0.1, 0.15) is 28.8 Å². The first-order chi connectivity index (χ1) is 8.56. The van der Waals surface area contributed by atoms with Gasteiger partial charge in [0.15, 0.2) is 17.8 Å². The highest BCUT2D eigenvalue weighted by Crippen LogP contribution is 2.44. The Morgan fingerprint density at radius 2 is 2.06 bits per heavy atom. The fraction of sp³-hybridized carbons (Fsp3) is 0.333. The molecule has 0 spiro atoms. The average molecular weight is 271 g/mol. The van der Waals surface area contributed by atoms with Crippen LogP contribution in [0, 0.1) is 0 Å². The first-order valence-corrected chi connectivity index (χ1v) is 5.74. The van der Waals surface area contributed by atoms with Gasteiger partial charge in [-0.15, -0.1) is 0 Å². The maximum Gasteiger partial charge on any atom is 0.310 e. The number of ether oxygens (including phenoxy) is 2. The maximum atomic E-state index is 11.1. The maximum absolute atomic E-state index is 11.1. The second kappa shape index (κ2) is 4.86. The molecular weight excluding hydrogens is 260 g/mol. The minimum Gasteiger partial charge on any atom is -0.486 e. The van der Waals surface area contributed by atoms with Gasteiger partial charge in [0.05, 0.1) is 11.5 Å². The molecule has 1 unspecified atom stereocenters. The molecule has 5 nitrogen and oxygen atoms in total. The van der Waals surface area contributed by atoms with Crippen LogP contribution in [-0.2, 0) is 4.79 Å². The Balaban J connectivity index is 2.66. The van der Waals surface area contributed by atoms with E-state index in [1.807, 2.05) is 0 Å². The van der Waals surface area contributed by atoms with E-state index in [0.717, 1.165) is 0 Å². The van der Waals surface area contributed by atoms with Crippen LogP contribution in [0.5, 0.6) is 11.5 Å². The molecule has 1 N–H and O–H groups in total. The fourth-order valence-corrected chi connectivity index (χ4v) is 2.20. The SMILES string of the molecule is CC(C(=O)O)c1c(Cl)cc(C=O)c2c1OCCO2. The van der Waals surface area contributed by atoms with E-state index in [1.165, 1.54) is 13.0 Å². The molecule has 1 aromatic carbocycles. The number of aliphatic carboxylic acids is 1. The molecule has 0 aliphatic carbocycles. The van der Waals surface area contributed by atoms with Gasteiger partial charge in [-0.1, -0.05) is 11.6 Å². The summed E-state index contributed by atoms with van der Waals surface area (Å²) in [6.07, 6.45) is 0.606. The Morgan fingerprint density at radius 1 is 1.44 bits per heavy atom. The molecule has 96 valence electrons. The van der Waals surface area contributed by atoms with E-state index in [2.05, 4.69) is 0 Å². The number of hydrogen-bond donors (Lipinski definition) is 1. The quantitative estimate of drug-likeness (QED) is 0.852. The molecule has 0 radical (unpaired) electrons. The van der Waals surface area contributed by atoms with E-state index < -0.39 is 11.9 Å².